The van der Waals surface area contributed by atoms with Gasteiger partial charge >= 0.3 is 5.97 Å². The first kappa shape index (κ1) is 21.8. The number of esters is 1. The highest BCUT2D eigenvalue weighted by Gasteiger charge is 2.09. The van der Waals surface area contributed by atoms with Crippen molar-refractivity contribution in [3.05, 3.63) is 99.1 Å². The van der Waals surface area contributed by atoms with Gasteiger partial charge in [0.1, 0.15) is 24.7 Å². The highest BCUT2D eigenvalue weighted by molar-refractivity contribution is 6.30. The molecule has 158 valence electrons. The molecule has 8 nitrogen and oxygen atoms in total. The van der Waals surface area contributed by atoms with Gasteiger partial charge in [0.25, 0.3) is 11.6 Å². The molecule has 0 atom stereocenters. The van der Waals surface area contributed by atoms with Crippen LogP contribution in [-0.2, 0) is 16.1 Å². The third-order valence-electron chi connectivity index (χ3n) is 4.11. The van der Waals surface area contributed by atoms with Gasteiger partial charge in [-0.25, -0.2) is 0 Å². The van der Waals surface area contributed by atoms with E-state index in [0.29, 0.717) is 22.1 Å². The zero-order chi connectivity index (χ0) is 22.2. The first-order valence-corrected chi connectivity index (χ1v) is 9.49. The van der Waals surface area contributed by atoms with E-state index in [1.54, 1.807) is 48.5 Å². The average molecular weight is 441 g/mol. The Balaban J connectivity index is 1.44. The summed E-state index contributed by atoms with van der Waals surface area (Å²) in [5, 5.41) is 13.7. The maximum absolute atomic E-state index is 12.0. The summed E-state index contributed by atoms with van der Waals surface area (Å²) in [4.78, 5) is 34.0. The molecule has 0 aromatic heterocycles. The molecule has 0 aliphatic rings. The van der Waals surface area contributed by atoms with Gasteiger partial charge in [0, 0.05) is 22.7 Å². The van der Waals surface area contributed by atoms with E-state index >= 15 is 0 Å². The van der Waals surface area contributed by atoms with Gasteiger partial charge in [-0.3, -0.25) is 19.7 Å². The second-order valence-corrected chi connectivity index (χ2v) is 6.78. The van der Waals surface area contributed by atoms with Crippen molar-refractivity contribution in [3.63, 3.8) is 0 Å². The Morgan fingerprint density at radius 2 is 1.48 bits per heavy atom. The Labute approximate surface area is 182 Å². The lowest BCUT2D eigenvalue weighted by molar-refractivity contribution is -0.384. The molecule has 0 spiro atoms. The maximum atomic E-state index is 12.0. The molecule has 3 rings (SSSR count). The van der Waals surface area contributed by atoms with Gasteiger partial charge < -0.3 is 14.8 Å². The van der Waals surface area contributed by atoms with Crippen molar-refractivity contribution >= 4 is 29.2 Å². The summed E-state index contributed by atoms with van der Waals surface area (Å²) in [7, 11) is 0. The molecule has 0 unspecified atom stereocenters. The largest absolute Gasteiger partial charge is 0.460 e. The van der Waals surface area contributed by atoms with Crippen molar-refractivity contribution in [3.8, 4) is 11.5 Å². The molecule has 1 amide bonds. The topological polar surface area (TPSA) is 108 Å². The van der Waals surface area contributed by atoms with E-state index in [1.807, 2.05) is 0 Å². The molecule has 0 saturated heterocycles. The number of hydrogen-bond donors (Lipinski definition) is 1. The fourth-order valence-electron chi connectivity index (χ4n) is 2.50. The molecule has 0 heterocycles. The second-order valence-electron chi connectivity index (χ2n) is 6.35. The van der Waals surface area contributed by atoms with Crippen LogP contribution in [0.2, 0.25) is 5.02 Å². The number of nitrogens with one attached hydrogen (secondary N) is 1. The lowest BCUT2D eigenvalue weighted by Gasteiger charge is -2.08. The maximum Gasteiger partial charge on any atom is 0.325 e. The normalized spacial score (nSPS) is 10.2. The van der Waals surface area contributed by atoms with Crippen LogP contribution in [0.25, 0.3) is 0 Å². The number of ether oxygens (including phenoxy) is 2. The fourth-order valence-corrected chi connectivity index (χ4v) is 2.62. The summed E-state index contributed by atoms with van der Waals surface area (Å²) < 4.78 is 10.8. The van der Waals surface area contributed by atoms with Crippen LogP contribution in [0.1, 0.15) is 15.9 Å². The summed E-state index contributed by atoms with van der Waals surface area (Å²) in [6.07, 6.45) is 0. The summed E-state index contributed by atoms with van der Waals surface area (Å²) in [6, 6.07) is 18.8. The van der Waals surface area contributed by atoms with E-state index in [1.165, 1.54) is 24.3 Å². The summed E-state index contributed by atoms with van der Waals surface area (Å²) in [5.74, 6) is 0.00949. The predicted octanol–water partition coefficient (Wildman–Crippen LogP) is 4.51. The van der Waals surface area contributed by atoms with E-state index in [0.717, 1.165) is 5.56 Å². The predicted molar refractivity (Wildman–Crippen MR) is 113 cm³/mol. The third-order valence-corrected chi connectivity index (χ3v) is 4.36. The number of carbonyl (C=O) groups is 2. The number of rotatable bonds is 8. The Kier molecular flexibility index (Phi) is 7.18. The zero-order valence-corrected chi connectivity index (χ0v) is 16.9. The Hall–Kier alpha value is -3.91. The Bertz CT molecular complexity index is 1070. The molecular formula is C22H17ClN2O6. The van der Waals surface area contributed by atoms with Crippen LogP contribution in [0.3, 0.4) is 0 Å². The van der Waals surface area contributed by atoms with E-state index in [-0.39, 0.29) is 18.8 Å². The van der Waals surface area contributed by atoms with E-state index < -0.39 is 16.8 Å². The first-order valence-electron chi connectivity index (χ1n) is 9.11. The van der Waals surface area contributed by atoms with Crippen molar-refractivity contribution < 1.29 is 24.0 Å². The number of hydrogen-bond acceptors (Lipinski definition) is 6. The number of nitro benzene ring substituents is 1. The van der Waals surface area contributed by atoms with Gasteiger partial charge in [-0.05, 0) is 54.1 Å². The number of non-ortho nitro benzene ring substituents is 1. The summed E-state index contributed by atoms with van der Waals surface area (Å²) >= 11 is 5.77. The number of carbonyl (C=O) groups excluding carboxylic acids is 2. The van der Waals surface area contributed by atoms with Crippen LogP contribution in [0.4, 0.5) is 5.69 Å². The number of benzene rings is 3. The van der Waals surface area contributed by atoms with Crippen LogP contribution < -0.4 is 10.1 Å². The lowest BCUT2D eigenvalue weighted by atomic mass is 10.2. The molecule has 0 radical (unpaired) electrons. The molecule has 0 aliphatic heterocycles. The SMILES string of the molecule is O=C(CNC(=O)c1ccc(Cl)cc1)OCc1ccc(Oc2ccc([N+](=O)[O-])cc2)cc1. The number of amides is 1. The van der Waals surface area contributed by atoms with Crippen LogP contribution in [0, 0.1) is 10.1 Å². The number of nitrogens with zero attached hydrogens (tertiary/aromatic N) is 1. The Morgan fingerprint density at radius 3 is 2.06 bits per heavy atom. The number of halogens is 1. The first-order chi connectivity index (χ1) is 14.9. The van der Waals surface area contributed by atoms with Crippen LogP contribution >= 0.6 is 11.6 Å². The minimum absolute atomic E-state index is 0.0196. The quantitative estimate of drug-likeness (QED) is 0.313. The standard InChI is InChI=1S/C22H17ClN2O6/c23-17-5-3-16(4-6-17)22(27)24-13-21(26)30-14-15-1-9-19(10-2-15)31-20-11-7-18(8-12-20)25(28)29/h1-12H,13-14H2,(H,24,27). The van der Waals surface area contributed by atoms with Crippen molar-refractivity contribution in [2.24, 2.45) is 0 Å². The van der Waals surface area contributed by atoms with Gasteiger partial charge in [-0.1, -0.05) is 23.7 Å². The highest BCUT2D eigenvalue weighted by atomic mass is 35.5. The molecule has 0 fully saturated rings. The van der Waals surface area contributed by atoms with Crippen molar-refractivity contribution in [2.45, 2.75) is 6.61 Å². The van der Waals surface area contributed by atoms with Gasteiger partial charge in [-0.2, -0.15) is 0 Å². The smallest absolute Gasteiger partial charge is 0.325 e. The van der Waals surface area contributed by atoms with Crippen LogP contribution in [-0.4, -0.2) is 23.3 Å². The third kappa shape index (κ3) is 6.55. The highest BCUT2D eigenvalue weighted by Crippen LogP contribution is 2.24. The molecule has 3 aromatic carbocycles. The van der Waals surface area contributed by atoms with Gasteiger partial charge in [-0.15, -0.1) is 0 Å². The summed E-state index contributed by atoms with van der Waals surface area (Å²) in [6.45, 7) is -0.226. The van der Waals surface area contributed by atoms with Crippen molar-refractivity contribution in [1.82, 2.24) is 5.32 Å². The Morgan fingerprint density at radius 1 is 0.903 bits per heavy atom. The van der Waals surface area contributed by atoms with Crippen LogP contribution in [0.15, 0.2) is 72.8 Å². The fraction of sp³-hybridized carbons (Fsp3) is 0.0909. The van der Waals surface area contributed by atoms with Crippen molar-refractivity contribution in [1.29, 1.82) is 0 Å². The molecular weight excluding hydrogens is 424 g/mol. The average Bonchev–Trinajstić information content (AvgIpc) is 2.78. The van der Waals surface area contributed by atoms with E-state index in [9.17, 15) is 19.7 Å². The van der Waals surface area contributed by atoms with E-state index in [2.05, 4.69) is 5.32 Å². The summed E-state index contributed by atoms with van der Waals surface area (Å²) in [5.41, 5.74) is 1.10. The van der Waals surface area contributed by atoms with Crippen LogP contribution in [0.5, 0.6) is 11.5 Å². The van der Waals surface area contributed by atoms with E-state index in [4.69, 9.17) is 21.1 Å². The second kappa shape index (κ2) is 10.2. The lowest BCUT2D eigenvalue weighted by Crippen LogP contribution is -2.30. The number of nitro groups is 1. The molecule has 0 aliphatic carbocycles. The van der Waals surface area contributed by atoms with Gasteiger partial charge in [0.2, 0.25) is 0 Å². The van der Waals surface area contributed by atoms with Gasteiger partial charge in [0.15, 0.2) is 0 Å². The minimum Gasteiger partial charge on any atom is -0.460 e. The monoisotopic (exact) mass is 440 g/mol. The van der Waals surface area contributed by atoms with Crippen molar-refractivity contribution in [2.75, 3.05) is 6.54 Å². The molecule has 31 heavy (non-hydrogen) atoms. The molecule has 1 N–H and O–H groups in total. The molecule has 3 aromatic rings. The zero-order valence-electron chi connectivity index (χ0n) is 16.1. The molecule has 0 saturated carbocycles. The molecule has 9 heteroatoms. The molecule has 0 bridgehead atoms. The van der Waals surface area contributed by atoms with Gasteiger partial charge in [0.05, 0.1) is 4.92 Å². The minimum atomic E-state index is -0.575.